The second-order valence-electron chi connectivity index (χ2n) is 3.82. The number of hydrogen-bond donors (Lipinski definition) is 1. The predicted octanol–water partition coefficient (Wildman–Crippen LogP) is 3.40. The van der Waals surface area contributed by atoms with E-state index in [1.54, 1.807) is 18.2 Å². The molecule has 0 saturated heterocycles. The first kappa shape index (κ1) is 11.9. The highest BCUT2D eigenvalue weighted by Gasteiger charge is 2.07. The molecule has 2 rings (SSSR count). The van der Waals surface area contributed by atoms with Gasteiger partial charge in [0, 0.05) is 12.1 Å². The monoisotopic (exact) mass is 245 g/mol. The lowest BCUT2D eigenvalue weighted by Crippen LogP contribution is -1.89. The Balaban J connectivity index is 2.21. The quantitative estimate of drug-likeness (QED) is 0.664. The maximum absolute atomic E-state index is 10.5. The van der Waals surface area contributed by atoms with Gasteiger partial charge in [-0.2, -0.15) is 0 Å². The van der Waals surface area contributed by atoms with Crippen LogP contribution in [-0.2, 0) is 0 Å². The summed E-state index contributed by atoms with van der Waals surface area (Å²) in [5.74, 6) is 0.780. The Morgan fingerprint density at radius 3 is 2.39 bits per heavy atom. The van der Waals surface area contributed by atoms with Crippen molar-refractivity contribution in [2.45, 2.75) is 6.92 Å². The lowest BCUT2D eigenvalue weighted by atomic mass is 10.2. The summed E-state index contributed by atoms with van der Waals surface area (Å²) >= 11 is 0. The Labute approximate surface area is 103 Å². The summed E-state index contributed by atoms with van der Waals surface area (Å²) in [5, 5.41) is 20.1. The summed E-state index contributed by atoms with van der Waals surface area (Å²) < 4.78 is 5.43. The highest BCUT2D eigenvalue weighted by molar-refractivity contribution is 5.45. The van der Waals surface area contributed by atoms with E-state index in [9.17, 15) is 15.2 Å². The van der Waals surface area contributed by atoms with Crippen molar-refractivity contribution in [3.05, 3.63) is 58.1 Å². The molecule has 0 amide bonds. The molecular formula is C13H11NO4. The second-order valence-corrected chi connectivity index (χ2v) is 3.82. The zero-order chi connectivity index (χ0) is 13.1. The number of phenols is 1. The molecule has 0 atom stereocenters. The minimum absolute atomic E-state index is 0.00419. The van der Waals surface area contributed by atoms with Crippen LogP contribution in [0.2, 0.25) is 0 Å². The van der Waals surface area contributed by atoms with Gasteiger partial charge in [-0.25, -0.2) is 0 Å². The molecule has 0 unspecified atom stereocenters. The normalized spacial score (nSPS) is 10.1. The van der Waals surface area contributed by atoms with Crippen LogP contribution in [0.4, 0.5) is 5.69 Å². The van der Waals surface area contributed by atoms with Crippen molar-refractivity contribution in [3.8, 4) is 17.2 Å². The molecule has 5 nitrogen and oxygen atoms in total. The van der Waals surface area contributed by atoms with Gasteiger partial charge in [-0.3, -0.25) is 10.1 Å². The van der Waals surface area contributed by atoms with Crippen molar-refractivity contribution in [3.63, 3.8) is 0 Å². The first-order valence-corrected chi connectivity index (χ1v) is 5.28. The standard InChI is InChI=1S/C13H11NO4/c1-9-2-7-13(12(15)8-9)18-11-5-3-10(4-6-11)14(16)17/h2-8,15H,1H3. The first-order valence-electron chi connectivity index (χ1n) is 5.28. The van der Waals surface area contributed by atoms with Crippen molar-refractivity contribution in [1.29, 1.82) is 0 Å². The van der Waals surface area contributed by atoms with E-state index in [0.717, 1.165) is 5.56 Å². The minimum Gasteiger partial charge on any atom is -0.504 e. The van der Waals surface area contributed by atoms with Gasteiger partial charge in [0.05, 0.1) is 4.92 Å². The van der Waals surface area contributed by atoms with Crippen LogP contribution < -0.4 is 4.74 Å². The molecule has 2 aromatic carbocycles. The molecule has 1 N–H and O–H groups in total. The molecule has 0 spiro atoms. The molecule has 0 aliphatic heterocycles. The lowest BCUT2D eigenvalue weighted by molar-refractivity contribution is -0.384. The van der Waals surface area contributed by atoms with Crippen LogP contribution in [0.15, 0.2) is 42.5 Å². The summed E-state index contributed by atoms with van der Waals surface area (Å²) in [6.07, 6.45) is 0. The molecule has 5 heteroatoms. The topological polar surface area (TPSA) is 72.6 Å². The smallest absolute Gasteiger partial charge is 0.269 e. The van der Waals surface area contributed by atoms with Gasteiger partial charge in [0.2, 0.25) is 0 Å². The fourth-order valence-electron chi connectivity index (χ4n) is 1.48. The van der Waals surface area contributed by atoms with E-state index in [2.05, 4.69) is 0 Å². The van der Waals surface area contributed by atoms with Crippen LogP contribution in [0.5, 0.6) is 17.2 Å². The lowest BCUT2D eigenvalue weighted by Gasteiger charge is -2.07. The SMILES string of the molecule is Cc1ccc(Oc2ccc([N+](=O)[O-])cc2)c(O)c1. The number of benzene rings is 2. The highest BCUT2D eigenvalue weighted by atomic mass is 16.6. The summed E-state index contributed by atoms with van der Waals surface area (Å²) in [4.78, 5) is 10.0. The van der Waals surface area contributed by atoms with E-state index in [0.29, 0.717) is 11.5 Å². The Bertz CT molecular complexity index is 578. The van der Waals surface area contributed by atoms with Gasteiger partial charge in [0.1, 0.15) is 5.75 Å². The minimum atomic E-state index is -0.479. The van der Waals surface area contributed by atoms with Crippen LogP contribution >= 0.6 is 0 Å². The van der Waals surface area contributed by atoms with Crippen molar-refractivity contribution in [2.75, 3.05) is 0 Å². The van der Waals surface area contributed by atoms with Crippen molar-refractivity contribution < 1.29 is 14.8 Å². The summed E-state index contributed by atoms with van der Waals surface area (Å²) in [6.45, 7) is 1.86. The second kappa shape index (κ2) is 4.75. The van der Waals surface area contributed by atoms with Gasteiger partial charge in [-0.05, 0) is 36.8 Å². The number of nitro benzene ring substituents is 1. The third-order valence-corrected chi connectivity index (χ3v) is 2.39. The molecule has 0 aliphatic carbocycles. The number of aryl methyl sites for hydroxylation is 1. The van der Waals surface area contributed by atoms with Gasteiger partial charge in [-0.1, -0.05) is 6.07 Å². The third-order valence-electron chi connectivity index (χ3n) is 2.39. The van der Waals surface area contributed by atoms with Gasteiger partial charge >= 0.3 is 0 Å². The van der Waals surface area contributed by atoms with E-state index in [-0.39, 0.29) is 11.4 Å². The maximum Gasteiger partial charge on any atom is 0.269 e. The van der Waals surface area contributed by atoms with E-state index in [1.807, 2.05) is 6.92 Å². The summed E-state index contributed by atoms with van der Waals surface area (Å²) in [6, 6.07) is 10.7. The van der Waals surface area contributed by atoms with Gasteiger partial charge in [0.15, 0.2) is 11.5 Å². The third kappa shape index (κ3) is 2.57. The molecule has 0 bridgehead atoms. The van der Waals surface area contributed by atoms with Crippen molar-refractivity contribution in [2.24, 2.45) is 0 Å². The molecule has 0 radical (unpaired) electrons. The molecule has 2 aromatic rings. The van der Waals surface area contributed by atoms with Crippen LogP contribution in [-0.4, -0.2) is 10.0 Å². The zero-order valence-electron chi connectivity index (χ0n) is 9.66. The van der Waals surface area contributed by atoms with Crippen LogP contribution in [0.25, 0.3) is 0 Å². The number of nitrogens with zero attached hydrogens (tertiary/aromatic N) is 1. The summed E-state index contributed by atoms with van der Waals surface area (Å²) in [5.41, 5.74) is 0.916. The van der Waals surface area contributed by atoms with Crippen LogP contribution in [0, 0.1) is 17.0 Å². The van der Waals surface area contributed by atoms with Crippen molar-refractivity contribution >= 4 is 5.69 Å². The Morgan fingerprint density at radius 1 is 1.17 bits per heavy atom. The zero-order valence-corrected chi connectivity index (χ0v) is 9.66. The highest BCUT2D eigenvalue weighted by Crippen LogP contribution is 2.31. The van der Waals surface area contributed by atoms with Gasteiger partial charge in [0.25, 0.3) is 5.69 Å². The number of aromatic hydroxyl groups is 1. The molecule has 0 aliphatic rings. The van der Waals surface area contributed by atoms with Crippen LogP contribution in [0.1, 0.15) is 5.56 Å². The van der Waals surface area contributed by atoms with Crippen LogP contribution in [0.3, 0.4) is 0 Å². The van der Waals surface area contributed by atoms with E-state index in [1.165, 1.54) is 24.3 Å². The maximum atomic E-state index is 10.5. The average molecular weight is 245 g/mol. The Morgan fingerprint density at radius 2 is 1.83 bits per heavy atom. The van der Waals surface area contributed by atoms with Crippen molar-refractivity contribution in [1.82, 2.24) is 0 Å². The predicted molar refractivity (Wildman–Crippen MR) is 66.0 cm³/mol. The van der Waals surface area contributed by atoms with E-state index >= 15 is 0 Å². The number of rotatable bonds is 3. The van der Waals surface area contributed by atoms with Gasteiger partial charge < -0.3 is 9.84 Å². The number of phenolic OH excluding ortho intramolecular Hbond substituents is 1. The van der Waals surface area contributed by atoms with E-state index in [4.69, 9.17) is 4.74 Å². The average Bonchev–Trinajstić information content (AvgIpc) is 2.33. The Kier molecular flexibility index (Phi) is 3.14. The molecule has 0 fully saturated rings. The molecule has 0 aromatic heterocycles. The van der Waals surface area contributed by atoms with E-state index < -0.39 is 4.92 Å². The summed E-state index contributed by atoms with van der Waals surface area (Å²) in [7, 11) is 0. The fraction of sp³-hybridized carbons (Fsp3) is 0.0769. The number of hydrogen-bond acceptors (Lipinski definition) is 4. The molecule has 0 saturated carbocycles. The molecule has 92 valence electrons. The molecule has 0 heterocycles. The fourth-order valence-corrected chi connectivity index (χ4v) is 1.48. The molecule has 18 heavy (non-hydrogen) atoms. The largest absolute Gasteiger partial charge is 0.504 e. The first-order chi connectivity index (χ1) is 8.56. The molecular weight excluding hydrogens is 234 g/mol. The Hall–Kier alpha value is -2.56. The number of ether oxygens (including phenoxy) is 1. The number of non-ortho nitro benzene ring substituents is 1. The number of nitro groups is 1. The van der Waals surface area contributed by atoms with Gasteiger partial charge in [-0.15, -0.1) is 0 Å².